The Bertz CT molecular complexity index is 317. The minimum Gasteiger partial charge on any atom is -0.496 e. The lowest BCUT2D eigenvalue weighted by Crippen LogP contribution is -2.19. The highest BCUT2D eigenvalue weighted by Crippen LogP contribution is 2.27. The van der Waals surface area contributed by atoms with Crippen LogP contribution in [-0.2, 0) is 0 Å². The van der Waals surface area contributed by atoms with Crippen LogP contribution in [0, 0.1) is 5.92 Å². The highest BCUT2D eigenvalue weighted by molar-refractivity contribution is 9.10. The topological polar surface area (TPSA) is 47.3 Å². The van der Waals surface area contributed by atoms with Gasteiger partial charge in [0.25, 0.3) is 0 Å². The minimum atomic E-state index is 0.478. The molecule has 1 unspecified atom stereocenters. The summed E-state index contributed by atoms with van der Waals surface area (Å²) in [5, 5.41) is 3.32. The fourth-order valence-corrected chi connectivity index (χ4v) is 1.69. The van der Waals surface area contributed by atoms with Crippen molar-refractivity contribution in [3.05, 3.63) is 22.7 Å². The van der Waals surface area contributed by atoms with Crippen molar-refractivity contribution in [2.45, 2.75) is 6.92 Å². The van der Waals surface area contributed by atoms with Crippen LogP contribution in [0.3, 0.4) is 0 Å². The van der Waals surface area contributed by atoms with E-state index in [1.54, 1.807) is 7.11 Å². The van der Waals surface area contributed by atoms with Crippen LogP contribution in [-0.4, -0.2) is 20.2 Å². The smallest absolute Gasteiger partial charge is 0.133 e. The van der Waals surface area contributed by atoms with Gasteiger partial charge in [-0.05, 0) is 46.6 Å². The normalized spacial score (nSPS) is 12.3. The van der Waals surface area contributed by atoms with Crippen LogP contribution in [0.25, 0.3) is 0 Å². The Morgan fingerprint density at radius 3 is 2.80 bits per heavy atom. The van der Waals surface area contributed by atoms with E-state index >= 15 is 0 Å². The van der Waals surface area contributed by atoms with Crippen LogP contribution in [0.2, 0.25) is 0 Å². The van der Waals surface area contributed by atoms with Crippen molar-refractivity contribution in [3.63, 3.8) is 0 Å². The van der Waals surface area contributed by atoms with Crippen LogP contribution in [0.15, 0.2) is 22.7 Å². The molecule has 0 bridgehead atoms. The summed E-state index contributed by atoms with van der Waals surface area (Å²) >= 11 is 3.44. The summed E-state index contributed by atoms with van der Waals surface area (Å²) in [5.41, 5.74) is 6.61. The van der Waals surface area contributed by atoms with Gasteiger partial charge in [-0.2, -0.15) is 0 Å². The van der Waals surface area contributed by atoms with E-state index in [2.05, 4.69) is 28.2 Å². The molecule has 0 radical (unpaired) electrons. The van der Waals surface area contributed by atoms with Gasteiger partial charge in [-0.15, -0.1) is 0 Å². The number of hydrogen-bond acceptors (Lipinski definition) is 3. The first-order valence-corrected chi connectivity index (χ1v) is 5.74. The van der Waals surface area contributed by atoms with Crippen molar-refractivity contribution in [3.8, 4) is 5.75 Å². The first kappa shape index (κ1) is 12.3. The zero-order chi connectivity index (χ0) is 11.3. The second kappa shape index (κ2) is 5.98. The van der Waals surface area contributed by atoms with Crippen molar-refractivity contribution >= 4 is 21.6 Å². The fourth-order valence-electron chi connectivity index (χ4n) is 1.15. The third-order valence-electron chi connectivity index (χ3n) is 2.21. The van der Waals surface area contributed by atoms with Crippen molar-refractivity contribution in [1.29, 1.82) is 0 Å². The molecule has 0 fully saturated rings. The van der Waals surface area contributed by atoms with Gasteiger partial charge in [0.1, 0.15) is 5.75 Å². The van der Waals surface area contributed by atoms with Gasteiger partial charge >= 0.3 is 0 Å². The maximum atomic E-state index is 5.54. The van der Waals surface area contributed by atoms with E-state index in [1.165, 1.54) is 0 Å². The first-order chi connectivity index (χ1) is 7.17. The monoisotopic (exact) mass is 272 g/mol. The van der Waals surface area contributed by atoms with Gasteiger partial charge < -0.3 is 15.8 Å². The maximum Gasteiger partial charge on any atom is 0.133 e. The first-order valence-electron chi connectivity index (χ1n) is 4.95. The summed E-state index contributed by atoms with van der Waals surface area (Å²) in [4.78, 5) is 0. The second-order valence-electron chi connectivity index (χ2n) is 3.57. The predicted octanol–water partition coefficient (Wildman–Crippen LogP) is 2.46. The number of methoxy groups -OCH3 is 1. The quantitative estimate of drug-likeness (QED) is 0.866. The van der Waals surface area contributed by atoms with Gasteiger partial charge in [0.15, 0.2) is 0 Å². The number of benzene rings is 1. The van der Waals surface area contributed by atoms with E-state index < -0.39 is 0 Å². The molecule has 0 amide bonds. The summed E-state index contributed by atoms with van der Waals surface area (Å²) < 4.78 is 6.11. The average Bonchev–Trinajstić information content (AvgIpc) is 2.26. The van der Waals surface area contributed by atoms with Gasteiger partial charge in [0, 0.05) is 12.2 Å². The molecule has 0 aliphatic carbocycles. The lowest BCUT2D eigenvalue weighted by atomic mass is 10.2. The molecular weight excluding hydrogens is 256 g/mol. The summed E-state index contributed by atoms with van der Waals surface area (Å²) in [6.07, 6.45) is 0. The Morgan fingerprint density at radius 1 is 1.53 bits per heavy atom. The molecule has 4 heteroatoms. The number of halogens is 1. The van der Waals surface area contributed by atoms with Crippen molar-refractivity contribution < 1.29 is 4.74 Å². The number of nitrogens with one attached hydrogen (secondary N) is 1. The standard InChI is InChI=1S/C11H17BrN2O/c1-8(6-13)7-14-9-3-4-11(15-2)10(12)5-9/h3-5,8,14H,6-7,13H2,1-2H3. The summed E-state index contributed by atoms with van der Waals surface area (Å²) in [7, 11) is 1.66. The molecule has 15 heavy (non-hydrogen) atoms. The van der Waals surface area contributed by atoms with Crippen molar-refractivity contribution in [2.75, 3.05) is 25.5 Å². The molecule has 0 saturated heterocycles. The molecule has 3 N–H and O–H groups in total. The van der Waals surface area contributed by atoms with E-state index in [-0.39, 0.29) is 0 Å². The van der Waals surface area contributed by atoms with Gasteiger partial charge in [-0.1, -0.05) is 6.92 Å². The molecule has 0 aromatic heterocycles. The van der Waals surface area contributed by atoms with Gasteiger partial charge in [-0.3, -0.25) is 0 Å². The highest BCUT2D eigenvalue weighted by atomic mass is 79.9. The molecule has 0 spiro atoms. The Balaban J connectivity index is 2.59. The van der Waals surface area contributed by atoms with E-state index in [4.69, 9.17) is 10.5 Å². The molecule has 3 nitrogen and oxygen atoms in total. The third-order valence-corrected chi connectivity index (χ3v) is 2.83. The molecule has 0 aliphatic heterocycles. The zero-order valence-corrected chi connectivity index (χ0v) is 10.7. The summed E-state index contributed by atoms with van der Waals surface area (Å²) in [6.45, 7) is 3.70. The maximum absolute atomic E-state index is 5.54. The Kier molecular flexibility index (Phi) is 4.91. The molecular formula is C11H17BrN2O. The summed E-state index contributed by atoms with van der Waals surface area (Å²) in [6, 6.07) is 5.93. The van der Waals surface area contributed by atoms with Crippen molar-refractivity contribution in [1.82, 2.24) is 0 Å². The number of hydrogen-bond donors (Lipinski definition) is 2. The van der Waals surface area contributed by atoms with Crippen molar-refractivity contribution in [2.24, 2.45) is 11.7 Å². The molecule has 0 heterocycles. The summed E-state index contributed by atoms with van der Waals surface area (Å²) in [5.74, 6) is 1.32. The fraction of sp³-hybridized carbons (Fsp3) is 0.455. The van der Waals surface area contributed by atoms with Gasteiger partial charge in [0.2, 0.25) is 0 Å². The Hall–Kier alpha value is -0.740. The zero-order valence-electron chi connectivity index (χ0n) is 9.09. The van der Waals surface area contributed by atoms with Gasteiger partial charge in [-0.25, -0.2) is 0 Å². The Labute approximate surface area is 99.1 Å². The van der Waals surface area contributed by atoms with Crippen LogP contribution in [0.1, 0.15) is 6.92 Å². The van der Waals surface area contributed by atoms with Crippen LogP contribution in [0.5, 0.6) is 5.75 Å². The molecule has 1 aromatic carbocycles. The molecule has 1 atom stereocenters. The van der Waals surface area contributed by atoms with Gasteiger partial charge in [0.05, 0.1) is 11.6 Å². The van der Waals surface area contributed by atoms with E-state index in [9.17, 15) is 0 Å². The van der Waals surface area contributed by atoms with E-state index in [0.29, 0.717) is 12.5 Å². The SMILES string of the molecule is COc1ccc(NCC(C)CN)cc1Br. The number of ether oxygens (including phenoxy) is 1. The van der Waals surface area contributed by atoms with E-state index in [0.717, 1.165) is 22.5 Å². The molecule has 0 aliphatic rings. The number of rotatable bonds is 5. The van der Waals surface area contributed by atoms with Crippen LogP contribution >= 0.6 is 15.9 Å². The molecule has 1 rings (SSSR count). The predicted molar refractivity (Wildman–Crippen MR) is 67.4 cm³/mol. The van der Waals surface area contributed by atoms with Crippen LogP contribution in [0.4, 0.5) is 5.69 Å². The number of nitrogens with two attached hydrogens (primary N) is 1. The lowest BCUT2D eigenvalue weighted by Gasteiger charge is -2.12. The second-order valence-corrected chi connectivity index (χ2v) is 4.43. The Morgan fingerprint density at radius 2 is 2.27 bits per heavy atom. The molecule has 0 saturated carbocycles. The van der Waals surface area contributed by atoms with E-state index in [1.807, 2.05) is 18.2 Å². The largest absolute Gasteiger partial charge is 0.496 e. The highest BCUT2D eigenvalue weighted by Gasteiger charge is 2.02. The minimum absolute atomic E-state index is 0.478. The van der Waals surface area contributed by atoms with Crippen LogP contribution < -0.4 is 15.8 Å². The average molecular weight is 273 g/mol. The molecule has 84 valence electrons. The number of anilines is 1. The third kappa shape index (κ3) is 3.72. The molecule has 1 aromatic rings. The lowest BCUT2D eigenvalue weighted by molar-refractivity contribution is 0.412.